The van der Waals surface area contributed by atoms with Crippen LogP contribution in [0.1, 0.15) is 0 Å². The molecule has 13 rings (SSSR count). The van der Waals surface area contributed by atoms with Gasteiger partial charge in [0.05, 0.1) is 0 Å². The number of hydrogen-bond acceptors (Lipinski definition) is 6. The van der Waals surface area contributed by atoms with E-state index in [1.54, 1.807) is 0 Å². The molecule has 0 saturated heterocycles. The zero-order chi connectivity index (χ0) is 52.0. The molecule has 11 aromatic carbocycles. The Labute approximate surface area is 453 Å². The zero-order valence-corrected chi connectivity index (χ0v) is 42.4. The van der Waals surface area contributed by atoms with Gasteiger partial charge in [0.25, 0.3) is 0 Å². The summed E-state index contributed by atoms with van der Waals surface area (Å²) in [5.74, 6) is 3.65. The molecule has 0 fully saturated rings. The van der Waals surface area contributed by atoms with Gasteiger partial charge in [-0.2, -0.15) is 0 Å². The Morgan fingerprint density at radius 1 is 0.128 bits per heavy atom. The van der Waals surface area contributed by atoms with Crippen LogP contribution in [-0.2, 0) is 0 Å². The Morgan fingerprint density at radius 3 is 0.628 bits per heavy atom. The summed E-state index contributed by atoms with van der Waals surface area (Å²) in [6, 6.07) is 101. The summed E-state index contributed by atoms with van der Waals surface area (Å²) < 4.78 is 0. The van der Waals surface area contributed by atoms with Gasteiger partial charge in [-0.1, -0.05) is 267 Å². The number of nitrogens with zero attached hydrogens (tertiary/aromatic N) is 6. The minimum Gasteiger partial charge on any atom is -0.208 e. The summed E-state index contributed by atoms with van der Waals surface area (Å²) in [7, 11) is 0. The molecule has 0 spiro atoms. The second-order valence-corrected chi connectivity index (χ2v) is 19.0. The van der Waals surface area contributed by atoms with Crippen molar-refractivity contribution in [3.05, 3.63) is 291 Å². The molecular weight excluding hydrogens is 949 g/mol. The van der Waals surface area contributed by atoms with E-state index in [2.05, 4.69) is 224 Å². The van der Waals surface area contributed by atoms with Crippen LogP contribution in [0.25, 0.3) is 135 Å². The number of hydrogen-bond donors (Lipinski definition) is 0. The van der Waals surface area contributed by atoms with E-state index in [0.29, 0.717) is 34.9 Å². The molecule has 2 aromatic heterocycles. The second-order valence-electron chi connectivity index (χ2n) is 19.0. The largest absolute Gasteiger partial charge is 0.208 e. The van der Waals surface area contributed by atoms with Crippen molar-refractivity contribution in [3.8, 4) is 135 Å². The molecule has 0 bridgehead atoms. The van der Waals surface area contributed by atoms with Crippen LogP contribution in [-0.4, -0.2) is 29.9 Å². The van der Waals surface area contributed by atoms with Crippen molar-refractivity contribution in [2.24, 2.45) is 0 Å². The van der Waals surface area contributed by atoms with E-state index in [-0.39, 0.29) is 0 Å². The minimum absolute atomic E-state index is 0.593. The zero-order valence-electron chi connectivity index (χ0n) is 42.4. The SMILES string of the molecule is c1ccc(-c2nc(-c3cccc(-c4cccc(-c5cccc(-c6cccc(-c7nc(-c8ccccc8-c8ccccc8)nc(-c8ccccc8-c8ccccc8)n7)c6)c5)c4)c3)nc(-c3ccccc3-c3ccccc3)n2)cc1. The maximum absolute atomic E-state index is 5.27. The monoisotopic (exact) mass is 996 g/mol. The molecule has 2 heterocycles. The van der Waals surface area contributed by atoms with Crippen molar-refractivity contribution in [2.45, 2.75) is 0 Å². The van der Waals surface area contributed by atoms with E-state index in [0.717, 1.165) is 100 Å². The van der Waals surface area contributed by atoms with Gasteiger partial charge in [-0.3, -0.25) is 0 Å². The second kappa shape index (κ2) is 21.4. The van der Waals surface area contributed by atoms with Crippen molar-refractivity contribution < 1.29 is 0 Å². The molecule has 6 nitrogen and oxygen atoms in total. The summed E-state index contributed by atoms with van der Waals surface area (Å²) in [6.07, 6.45) is 0. The lowest BCUT2D eigenvalue weighted by Crippen LogP contribution is -2.02. The normalized spacial score (nSPS) is 11.1. The summed E-state index contributed by atoms with van der Waals surface area (Å²) in [5.41, 5.74) is 18.4. The third-order valence-electron chi connectivity index (χ3n) is 14.0. The Bertz CT molecular complexity index is 4160. The Hall–Kier alpha value is -10.6. The maximum atomic E-state index is 5.27. The van der Waals surface area contributed by atoms with E-state index >= 15 is 0 Å². The predicted molar refractivity (Wildman–Crippen MR) is 318 cm³/mol. The molecule has 0 unspecified atom stereocenters. The van der Waals surface area contributed by atoms with Gasteiger partial charge in [-0.05, 0) is 91.0 Å². The van der Waals surface area contributed by atoms with Crippen molar-refractivity contribution in [2.75, 3.05) is 0 Å². The van der Waals surface area contributed by atoms with Gasteiger partial charge in [0.15, 0.2) is 34.9 Å². The average molecular weight is 997 g/mol. The minimum atomic E-state index is 0.593. The number of benzene rings is 11. The number of aromatic nitrogens is 6. The Kier molecular flexibility index (Phi) is 12.9. The van der Waals surface area contributed by atoms with Crippen LogP contribution in [0, 0.1) is 0 Å². The third-order valence-corrected chi connectivity index (χ3v) is 14.0. The van der Waals surface area contributed by atoms with Gasteiger partial charge < -0.3 is 0 Å². The lowest BCUT2D eigenvalue weighted by molar-refractivity contribution is 1.07. The van der Waals surface area contributed by atoms with Crippen LogP contribution < -0.4 is 0 Å². The van der Waals surface area contributed by atoms with Gasteiger partial charge in [-0.15, -0.1) is 0 Å². The molecular formula is C72H48N6. The van der Waals surface area contributed by atoms with Crippen LogP contribution in [0.5, 0.6) is 0 Å². The van der Waals surface area contributed by atoms with E-state index in [1.165, 1.54) is 0 Å². The first-order valence-corrected chi connectivity index (χ1v) is 26.1. The van der Waals surface area contributed by atoms with Crippen LogP contribution in [0.2, 0.25) is 0 Å². The highest BCUT2D eigenvalue weighted by Gasteiger charge is 2.20. The highest BCUT2D eigenvalue weighted by molar-refractivity contribution is 5.86. The van der Waals surface area contributed by atoms with Crippen LogP contribution in [0.4, 0.5) is 0 Å². The first kappa shape index (κ1) is 47.2. The van der Waals surface area contributed by atoms with Gasteiger partial charge >= 0.3 is 0 Å². The predicted octanol–water partition coefficient (Wildman–Crippen LogP) is 18.1. The molecule has 0 saturated carbocycles. The summed E-state index contributed by atoms with van der Waals surface area (Å²) in [4.78, 5) is 31.2. The Balaban J connectivity index is 0.852. The van der Waals surface area contributed by atoms with Crippen LogP contribution >= 0.6 is 0 Å². The number of rotatable bonds is 12. The molecule has 0 atom stereocenters. The highest BCUT2D eigenvalue weighted by Crippen LogP contribution is 2.38. The van der Waals surface area contributed by atoms with Crippen LogP contribution in [0.3, 0.4) is 0 Å². The van der Waals surface area contributed by atoms with Gasteiger partial charge in [0.2, 0.25) is 0 Å². The fourth-order valence-corrected chi connectivity index (χ4v) is 10.2. The molecule has 0 aliphatic rings. The smallest absolute Gasteiger partial charge is 0.164 e. The van der Waals surface area contributed by atoms with Crippen molar-refractivity contribution in [1.82, 2.24) is 29.9 Å². The molecule has 78 heavy (non-hydrogen) atoms. The first-order valence-electron chi connectivity index (χ1n) is 26.1. The van der Waals surface area contributed by atoms with E-state index < -0.39 is 0 Å². The molecule has 0 aliphatic heterocycles. The molecule has 0 radical (unpaired) electrons. The van der Waals surface area contributed by atoms with Gasteiger partial charge in [0.1, 0.15) is 0 Å². The van der Waals surface area contributed by atoms with Crippen molar-refractivity contribution >= 4 is 0 Å². The quantitative estimate of drug-likeness (QED) is 0.121. The fourth-order valence-electron chi connectivity index (χ4n) is 10.2. The molecule has 366 valence electrons. The maximum Gasteiger partial charge on any atom is 0.164 e. The topological polar surface area (TPSA) is 77.3 Å². The molecule has 13 aromatic rings. The lowest BCUT2D eigenvalue weighted by atomic mass is 9.95. The Morgan fingerprint density at radius 2 is 0.321 bits per heavy atom. The van der Waals surface area contributed by atoms with Gasteiger partial charge in [-0.25, -0.2) is 29.9 Å². The molecule has 0 amide bonds. The standard InChI is InChI=1S/C72H48N6/c1-5-23-49(24-6-1)61-39-13-16-42-64(61)70-74-67(52-29-11-4-12-30-52)73-68(75-70)59-37-21-35-57(47-59)55-33-19-31-53(45-55)54-32-20-34-56(46-54)58-36-22-38-60(48-58)69-76-71(65-43-17-14-40-62(65)50-25-7-2-8-26-50)78-72(77-69)66-44-18-15-41-63(66)51-27-9-3-10-28-51/h1-48H. The van der Waals surface area contributed by atoms with E-state index in [4.69, 9.17) is 29.9 Å². The van der Waals surface area contributed by atoms with Crippen molar-refractivity contribution in [3.63, 3.8) is 0 Å². The average Bonchev–Trinajstić information content (AvgIpc) is 3.67. The third kappa shape index (κ3) is 9.81. The van der Waals surface area contributed by atoms with Gasteiger partial charge in [0, 0.05) is 33.4 Å². The summed E-state index contributed by atoms with van der Waals surface area (Å²) in [5, 5.41) is 0. The molecule has 0 aliphatic carbocycles. The summed E-state index contributed by atoms with van der Waals surface area (Å²) in [6.45, 7) is 0. The highest BCUT2D eigenvalue weighted by atomic mass is 15.0. The van der Waals surface area contributed by atoms with E-state index in [1.807, 2.05) is 66.7 Å². The van der Waals surface area contributed by atoms with Crippen molar-refractivity contribution in [1.29, 1.82) is 0 Å². The van der Waals surface area contributed by atoms with Crippen LogP contribution in [0.15, 0.2) is 291 Å². The first-order chi connectivity index (χ1) is 38.6. The molecule has 6 heteroatoms. The molecule has 0 N–H and O–H groups in total. The fraction of sp³-hybridized carbons (Fsp3) is 0. The summed E-state index contributed by atoms with van der Waals surface area (Å²) >= 11 is 0. The van der Waals surface area contributed by atoms with E-state index in [9.17, 15) is 0 Å². The lowest BCUT2D eigenvalue weighted by Gasteiger charge is -2.14.